The summed E-state index contributed by atoms with van der Waals surface area (Å²) in [5.41, 5.74) is 1.58. The third-order valence-corrected chi connectivity index (χ3v) is 4.57. The Labute approximate surface area is 149 Å². The van der Waals surface area contributed by atoms with Gasteiger partial charge in [0.15, 0.2) is 0 Å². The second kappa shape index (κ2) is 7.08. The average Bonchev–Trinajstić information content (AvgIpc) is 3.38. The zero-order valence-corrected chi connectivity index (χ0v) is 14.1. The van der Waals surface area contributed by atoms with Crippen molar-refractivity contribution in [3.63, 3.8) is 0 Å². The van der Waals surface area contributed by atoms with E-state index in [-0.39, 0.29) is 18.9 Å². The van der Waals surface area contributed by atoms with Crippen molar-refractivity contribution >= 4 is 17.5 Å². The SMILES string of the molecule is O=C(Cc1cccc(C(F)(F)F)c1)NCc1ccc(C2CC2)cc1Cl. The highest BCUT2D eigenvalue weighted by Gasteiger charge is 2.30. The van der Waals surface area contributed by atoms with Crippen molar-refractivity contribution in [3.05, 3.63) is 69.7 Å². The zero-order chi connectivity index (χ0) is 18.0. The Morgan fingerprint density at radius 1 is 1.16 bits per heavy atom. The van der Waals surface area contributed by atoms with Gasteiger partial charge in [0.1, 0.15) is 0 Å². The summed E-state index contributed by atoms with van der Waals surface area (Å²) in [6.07, 6.45) is -2.15. The quantitative estimate of drug-likeness (QED) is 0.783. The third-order valence-electron chi connectivity index (χ3n) is 4.22. The van der Waals surface area contributed by atoms with Crippen LogP contribution in [0, 0.1) is 0 Å². The molecule has 1 aliphatic rings. The summed E-state index contributed by atoms with van der Waals surface area (Å²) >= 11 is 6.24. The number of amides is 1. The van der Waals surface area contributed by atoms with E-state index in [9.17, 15) is 18.0 Å². The molecule has 0 heterocycles. The molecule has 0 atom stereocenters. The fourth-order valence-electron chi connectivity index (χ4n) is 2.68. The number of alkyl halides is 3. The summed E-state index contributed by atoms with van der Waals surface area (Å²) in [6.45, 7) is 0.252. The van der Waals surface area contributed by atoms with Gasteiger partial charge in [-0.3, -0.25) is 4.79 Å². The Bertz CT molecular complexity index is 784. The molecule has 6 heteroatoms. The molecule has 0 saturated heterocycles. The highest BCUT2D eigenvalue weighted by molar-refractivity contribution is 6.31. The van der Waals surface area contributed by atoms with Gasteiger partial charge in [-0.25, -0.2) is 0 Å². The van der Waals surface area contributed by atoms with E-state index in [4.69, 9.17) is 11.6 Å². The Morgan fingerprint density at radius 2 is 1.92 bits per heavy atom. The lowest BCUT2D eigenvalue weighted by molar-refractivity contribution is -0.137. The summed E-state index contributed by atoms with van der Waals surface area (Å²) in [7, 11) is 0. The Balaban J connectivity index is 1.58. The van der Waals surface area contributed by atoms with Crippen molar-refractivity contribution in [2.24, 2.45) is 0 Å². The zero-order valence-electron chi connectivity index (χ0n) is 13.4. The van der Waals surface area contributed by atoms with Crippen molar-refractivity contribution in [2.75, 3.05) is 0 Å². The molecule has 1 fully saturated rings. The van der Waals surface area contributed by atoms with Gasteiger partial charge < -0.3 is 5.32 Å². The Hall–Kier alpha value is -2.01. The average molecular weight is 368 g/mol. The fourth-order valence-corrected chi connectivity index (χ4v) is 2.93. The van der Waals surface area contributed by atoms with Crippen molar-refractivity contribution < 1.29 is 18.0 Å². The largest absolute Gasteiger partial charge is 0.416 e. The second-order valence-electron chi connectivity index (χ2n) is 6.28. The van der Waals surface area contributed by atoms with E-state index in [0.29, 0.717) is 16.5 Å². The fraction of sp³-hybridized carbons (Fsp3) is 0.316. The molecule has 0 unspecified atom stereocenters. The minimum Gasteiger partial charge on any atom is -0.352 e. The molecule has 1 N–H and O–H groups in total. The molecule has 3 rings (SSSR count). The van der Waals surface area contributed by atoms with E-state index in [1.807, 2.05) is 18.2 Å². The minimum absolute atomic E-state index is 0.109. The van der Waals surface area contributed by atoms with Crippen LogP contribution in [0.5, 0.6) is 0 Å². The summed E-state index contributed by atoms with van der Waals surface area (Å²) in [5.74, 6) is 0.253. The van der Waals surface area contributed by atoms with Crippen LogP contribution < -0.4 is 5.32 Å². The van der Waals surface area contributed by atoms with Crippen molar-refractivity contribution in [1.29, 1.82) is 0 Å². The van der Waals surface area contributed by atoms with Crippen LogP contribution in [0.25, 0.3) is 0 Å². The molecule has 2 nitrogen and oxygen atoms in total. The summed E-state index contributed by atoms with van der Waals surface area (Å²) in [5, 5.41) is 3.31. The number of halogens is 4. The lowest BCUT2D eigenvalue weighted by Crippen LogP contribution is -2.24. The molecule has 0 spiro atoms. The van der Waals surface area contributed by atoms with Crippen LogP contribution in [0.4, 0.5) is 13.2 Å². The number of carbonyl (C=O) groups excluding carboxylic acids is 1. The molecule has 1 amide bonds. The predicted octanol–water partition coefficient (Wildman–Crippen LogP) is 5.10. The van der Waals surface area contributed by atoms with Gasteiger partial charge in [-0.05, 0) is 47.6 Å². The molecule has 1 aliphatic carbocycles. The Morgan fingerprint density at radius 3 is 2.56 bits per heavy atom. The van der Waals surface area contributed by atoms with Gasteiger partial charge in [0.25, 0.3) is 0 Å². The minimum atomic E-state index is -4.41. The molecule has 25 heavy (non-hydrogen) atoms. The van der Waals surface area contributed by atoms with Crippen molar-refractivity contribution in [3.8, 4) is 0 Å². The van der Waals surface area contributed by atoms with E-state index in [0.717, 1.165) is 17.7 Å². The molecular weight excluding hydrogens is 351 g/mol. The van der Waals surface area contributed by atoms with Gasteiger partial charge in [-0.15, -0.1) is 0 Å². The van der Waals surface area contributed by atoms with Gasteiger partial charge in [0.2, 0.25) is 5.91 Å². The Kier molecular flexibility index (Phi) is 5.04. The van der Waals surface area contributed by atoms with Crippen LogP contribution >= 0.6 is 11.6 Å². The first-order valence-electron chi connectivity index (χ1n) is 8.04. The third kappa shape index (κ3) is 4.75. The first kappa shape index (κ1) is 17.8. The van der Waals surface area contributed by atoms with E-state index >= 15 is 0 Å². The van der Waals surface area contributed by atoms with Crippen molar-refractivity contribution in [1.82, 2.24) is 5.32 Å². The molecule has 0 bridgehead atoms. The number of hydrogen-bond acceptors (Lipinski definition) is 1. The van der Waals surface area contributed by atoms with Crippen molar-refractivity contribution in [2.45, 2.75) is 37.9 Å². The van der Waals surface area contributed by atoms with Crippen LogP contribution in [0.2, 0.25) is 5.02 Å². The molecular formula is C19H17ClF3NO. The maximum absolute atomic E-state index is 12.7. The molecule has 0 aromatic heterocycles. The number of rotatable bonds is 5. The molecule has 132 valence electrons. The standard InChI is InChI=1S/C19H17ClF3NO/c20-17-10-14(13-4-5-13)6-7-15(17)11-24-18(25)9-12-2-1-3-16(8-12)19(21,22)23/h1-3,6-8,10,13H,4-5,9,11H2,(H,24,25). The maximum atomic E-state index is 12.7. The molecule has 0 radical (unpaired) electrons. The second-order valence-corrected chi connectivity index (χ2v) is 6.68. The summed E-state index contributed by atoms with van der Waals surface area (Å²) in [6, 6.07) is 10.6. The number of nitrogens with one attached hydrogen (secondary N) is 1. The van der Waals surface area contributed by atoms with Crippen LogP contribution in [0.15, 0.2) is 42.5 Å². The molecule has 2 aromatic rings. The van der Waals surface area contributed by atoms with Crippen LogP contribution in [-0.2, 0) is 23.9 Å². The molecule has 0 aliphatic heterocycles. The first-order valence-corrected chi connectivity index (χ1v) is 8.42. The van der Waals surface area contributed by atoms with E-state index < -0.39 is 11.7 Å². The lowest BCUT2D eigenvalue weighted by Gasteiger charge is -2.10. The van der Waals surface area contributed by atoms with E-state index in [2.05, 4.69) is 5.32 Å². The van der Waals surface area contributed by atoms with Gasteiger partial charge >= 0.3 is 6.18 Å². The number of carbonyl (C=O) groups is 1. The molecule has 2 aromatic carbocycles. The maximum Gasteiger partial charge on any atom is 0.416 e. The predicted molar refractivity (Wildman–Crippen MR) is 90.4 cm³/mol. The number of hydrogen-bond donors (Lipinski definition) is 1. The van der Waals surface area contributed by atoms with Gasteiger partial charge in [0.05, 0.1) is 12.0 Å². The monoisotopic (exact) mass is 367 g/mol. The topological polar surface area (TPSA) is 29.1 Å². The van der Waals surface area contributed by atoms with Crippen LogP contribution in [-0.4, -0.2) is 5.91 Å². The summed E-state index contributed by atoms with van der Waals surface area (Å²) < 4.78 is 38.1. The lowest BCUT2D eigenvalue weighted by atomic mass is 10.1. The van der Waals surface area contributed by atoms with E-state index in [1.165, 1.54) is 30.5 Å². The smallest absolute Gasteiger partial charge is 0.352 e. The first-order chi connectivity index (χ1) is 11.8. The molecule has 1 saturated carbocycles. The van der Waals surface area contributed by atoms with Crippen LogP contribution in [0.1, 0.15) is 41.0 Å². The summed E-state index contributed by atoms with van der Waals surface area (Å²) in [4.78, 5) is 12.0. The van der Waals surface area contributed by atoms with Gasteiger partial charge in [-0.2, -0.15) is 13.2 Å². The highest BCUT2D eigenvalue weighted by Crippen LogP contribution is 2.41. The number of benzene rings is 2. The van der Waals surface area contributed by atoms with Gasteiger partial charge in [0, 0.05) is 11.6 Å². The van der Waals surface area contributed by atoms with E-state index in [1.54, 1.807) is 0 Å². The van der Waals surface area contributed by atoms with Gasteiger partial charge in [-0.1, -0.05) is 41.9 Å². The van der Waals surface area contributed by atoms with Crippen LogP contribution in [0.3, 0.4) is 0 Å². The highest BCUT2D eigenvalue weighted by atomic mass is 35.5. The normalized spacial score (nSPS) is 14.4.